The van der Waals surface area contributed by atoms with Crippen molar-refractivity contribution in [1.29, 1.82) is 0 Å². The van der Waals surface area contributed by atoms with E-state index in [2.05, 4.69) is 38.1 Å². The summed E-state index contributed by atoms with van der Waals surface area (Å²) in [6.45, 7) is 4.56. The lowest BCUT2D eigenvalue weighted by atomic mass is 9.99. The van der Waals surface area contributed by atoms with Crippen molar-refractivity contribution in [2.75, 3.05) is 0 Å². The standard InChI is InChI=1S/C18H22O/c1-3-15(2)9-10-16-11-13-18(14-12-16)19-17-7-5-4-6-8-17/h4-8,11-15H,3,9-10H2,1-2H3. The summed E-state index contributed by atoms with van der Waals surface area (Å²) in [4.78, 5) is 0. The van der Waals surface area contributed by atoms with Gasteiger partial charge in [0.2, 0.25) is 0 Å². The summed E-state index contributed by atoms with van der Waals surface area (Å²) >= 11 is 0. The molecular weight excluding hydrogens is 232 g/mol. The first-order valence-corrected chi connectivity index (χ1v) is 7.09. The minimum atomic E-state index is 0.806. The Morgan fingerprint density at radius 2 is 1.53 bits per heavy atom. The van der Waals surface area contributed by atoms with Crippen LogP contribution >= 0.6 is 0 Å². The third-order valence-corrected chi connectivity index (χ3v) is 3.52. The number of benzene rings is 2. The Morgan fingerprint density at radius 3 is 2.16 bits per heavy atom. The largest absolute Gasteiger partial charge is 0.457 e. The summed E-state index contributed by atoms with van der Waals surface area (Å²) in [5, 5.41) is 0. The molecule has 0 bridgehead atoms. The van der Waals surface area contributed by atoms with Crippen molar-refractivity contribution in [2.45, 2.75) is 33.1 Å². The van der Waals surface area contributed by atoms with Gasteiger partial charge in [0.25, 0.3) is 0 Å². The Labute approximate surface area is 116 Å². The molecule has 0 spiro atoms. The van der Waals surface area contributed by atoms with Crippen molar-refractivity contribution in [3.63, 3.8) is 0 Å². The molecule has 0 amide bonds. The number of ether oxygens (including phenoxy) is 1. The van der Waals surface area contributed by atoms with Gasteiger partial charge in [-0.25, -0.2) is 0 Å². The van der Waals surface area contributed by atoms with Crippen LogP contribution in [-0.2, 0) is 6.42 Å². The van der Waals surface area contributed by atoms with Crippen molar-refractivity contribution >= 4 is 0 Å². The van der Waals surface area contributed by atoms with Gasteiger partial charge in [0.1, 0.15) is 11.5 Å². The smallest absolute Gasteiger partial charge is 0.127 e. The van der Waals surface area contributed by atoms with E-state index >= 15 is 0 Å². The highest BCUT2D eigenvalue weighted by molar-refractivity contribution is 5.32. The number of rotatable bonds is 6. The third kappa shape index (κ3) is 4.44. The maximum Gasteiger partial charge on any atom is 0.127 e. The van der Waals surface area contributed by atoms with Crippen LogP contribution in [0.25, 0.3) is 0 Å². The fourth-order valence-electron chi connectivity index (χ4n) is 1.97. The molecule has 0 heterocycles. The lowest BCUT2D eigenvalue weighted by molar-refractivity contribution is 0.482. The Morgan fingerprint density at radius 1 is 0.895 bits per heavy atom. The van der Waals surface area contributed by atoms with E-state index in [4.69, 9.17) is 4.74 Å². The van der Waals surface area contributed by atoms with Gasteiger partial charge in [-0.15, -0.1) is 0 Å². The van der Waals surface area contributed by atoms with Crippen molar-refractivity contribution in [3.05, 3.63) is 60.2 Å². The van der Waals surface area contributed by atoms with Gasteiger partial charge in [-0.05, 0) is 48.6 Å². The predicted molar refractivity (Wildman–Crippen MR) is 80.7 cm³/mol. The third-order valence-electron chi connectivity index (χ3n) is 3.52. The number of hydrogen-bond acceptors (Lipinski definition) is 1. The number of hydrogen-bond donors (Lipinski definition) is 0. The van der Waals surface area contributed by atoms with E-state index in [1.807, 2.05) is 30.3 Å². The van der Waals surface area contributed by atoms with Crippen LogP contribution in [0.1, 0.15) is 32.3 Å². The van der Waals surface area contributed by atoms with E-state index in [9.17, 15) is 0 Å². The van der Waals surface area contributed by atoms with Gasteiger partial charge in [-0.1, -0.05) is 50.6 Å². The first-order valence-electron chi connectivity index (χ1n) is 7.09. The van der Waals surface area contributed by atoms with Gasteiger partial charge in [-0.3, -0.25) is 0 Å². The zero-order chi connectivity index (χ0) is 13.5. The first-order chi connectivity index (χ1) is 9.28. The lowest BCUT2D eigenvalue weighted by Gasteiger charge is -2.09. The Kier molecular flexibility index (Phi) is 5.02. The van der Waals surface area contributed by atoms with Crippen LogP contribution in [-0.4, -0.2) is 0 Å². The van der Waals surface area contributed by atoms with Gasteiger partial charge in [-0.2, -0.15) is 0 Å². The van der Waals surface area contributed by atoms with E-state index < -0.39 is 0 Å². The van der Waals surface area contributed by atoms with Crippen LogP contribution in [0.3, 0.4) is 0 Å². The van der Waals surface area contributed by atoms with Crippen molar-refractivity contribution in [3.8, 4) is 11.5 Å². The maximum atomic E-state index is 5.78. The van der Waals surface area contributed by atoms with Crippen LogP contribution < -0.4 is 4.74 Å². The normalized spacial score (nSPS) is 12.1. The summed E-state index contributed by atoms with van der Waals surface area (Å²) in [5.74, 6) is 2.59. The quantitative estimate of drug-likeness (QED) is 0.665. The highest BCUT2D eigenvalue weighted by atomic mass is 16.5. The molecule has 2 rings (SSSR count). The minimum Gasteiger partial charge on any atom is -0.457 e. The first kappa shape index (κ1) is 13.7. The molecule has 0 radical (unpaired) electrons. The molecule has 1 nitrogen and oxygen atoms in total. The second-order valence-corrected chi connectivity index (χ2v) is 5.11. The van der Waals surface area contributed by atoms with E-state index in [1.165, 1.54) is 18.4 Å². The van der Waals surface area contributed by atoms with E-state index in [-0.39, 0.29) is 0 Å². The molecule has 0 saturated heterocycles. The summed E-state index contributed by atoms with van der Waals surface area (Å²) in [5.41, 5.74) is 1.39. The molecule has 0 aliphatic carbocycles. The zero-order valence-electron chi connectivity index (χ0n) is 11.8. The van der Waals surface area contributed by atoms with Crippen LogP contribution in [0.15, 0.2) is 54.6 Å². The van der Waals surface area contributed by atoms with Crippen molar-refractivity contribution in [1.82, 2.24) is 0 Å². The average molecular weight is 254 g/mol. The molecule has 2 aromatic rings. The highest BCUT2D eigenvalue weighted by Gasteiger charge is 2.01. The van der Waals surface area contributed by atoms with Gasteiger partial charge < -0.3 is 4.74 Å². The molecule has 100 valence electrons. The van der Waals surface area contributed by atoms with E-state index in [0.29, 0.717) is 0 Å². The molecule has 0 saturated carbocycles. The monoisotopic (exact) mass is 254 g/mol. The number of para-hydroxylation sites is 1. The summed E-state index contributed by atoms with van der Waals surface area (Å²) in [6, 6.07) is 18.3. The summed E-state index contributed by atoms with van der Waals surface area (Å²) in [7, 11) is 0. The summed E-state index contributed by atoms with van der Waals surface area (Å²) < 4.78 is 5.78. The lowest BCUT2D eigenvalue weighted by Crippen LogP contribution is -1.95. The van der Waals surface area contributed by atoms with Gasteiger partial charge in [0.05, 0.1) is 0 Å². The molecule has 0 aliphatic heterocycles. The molecule has 0 aliphatic rings. The Hall–Kier alpha value is -1.76. The van der Waals surface area contributed by atoms with Crippen molar-refractivity contribution in [2.24, 2.45) is 5.92 Å². The van der Waals surface area contributed by atoms with Crippen LogP contribution in [0.5, 0.6) is 11.5 Å². The Bertz CT molecular complexity index is 473. The van der Waals surface area contributed by atoms with Gasteiger partial charge >= 0.3 is 0 Å². The second kappa shape index (κ2) is 6.98. The van der Waals surface area contributed by atoms with E-state index in [0.717, 1.165) is 23.8 Å². The van der Waals surface area contributed by atoms with Crippen molar-refractivity contribution < 1.29 is 4.74 Å². The minimum absolute atomic E-state index is 0.806. The molecule has 2 aromatic carbocycles. The predicted octanol–water partition coefficient (Wildman–Crippen LogP) is 5.46. The molecule has 0 aromatic heterocycles. The number of aryl methyl sites for hydroxylation is 1. The molecule has 1 atom stereocenters. The SMILES string of the molecule is CCC(C)CCc1ccc(Oc2ccccc2)cc1. The zero-order valence-corrected chi connectivity index (χ0v) is 11.8. The van der Waals surface area contributed by atoms with E-state index in [1.54, 1.807) is 0 Å². The van der Waals surface area contributed by atoms with Crippen LogP contribution in [0.2, 0.25) is 0 Å². The molecule has 0 fully saturated rings. The molecule has 0 N–H and O–H groups in total. The topological polar surface area (TPSA) is 9.23 Å². The van der Waals surface area contributed by atoms with Crippen LogP contribution in [0.4, 0.5) is 0 Å². The molecule has 1 unspecified atom stereocenters. The fourth-order valence-corrected chi connectivity index (χ4v) is 1.97. The van der Waals surface area contributed by atoms with Gasteiger partial charge in [0.15, 0.2) is 0 Å². The van der Waals surface area contributed by atoms with Gasteiger partial charge in [0, 0.05) is 0 Å². The fraction of sp³-hybridized carbons (Fsp3) is 0.333. The molecule has 1 heteroatoms. The molecular formula is C18H22O. The molecule has 19 heavy (non-hydrogen) atoms. The average Bonchev–Trinajstić information content (AvgIpc) is 2.47. The Balaban J connectivity index is 1.91. The highest BCUT2D eigenvalue weighted by Crippen LogP contribution is 2.22. The maximum absolute atomic E-state index is 5.78. The van der Waals surface area contributed by atoms with Crippen LogP contribution in [0, 0.1) is 5.92 Å². The summed E-state index contributed by atoms with van der Waals surface area (Å²) in [6.07, 6.45) is 3.67. The second-order valence-electron chi connectivity index (χ2n) is 5.11.